The van der Waals surface area contributed by atoms with Crippen molar-refractivity contribution in [2.24, 2.45) is 0 Å². The van der Waals surface area contributed by atoms with Crippen LogP contribution in [0.25, 0.3) is 0 Å². The van der Waals surface area contributed by atoms with Crippen LogP contribution in [-0.2, 0) is 11.2 Å². The predicted octanol–water partition coefficient (Wildman–Crippen LogP) is 3.52. The molecule has 1 aliphatic heterocycles. The first-order chi connectivity index (χ1) is 13.0. The molecule has 1 unspecified atom stereocenters. The van der Waals surface area contributed by atoms with Crippen molar-refractivity contribution in [3.8, 4) is 0 Å². The average molecular weight is 365 g/mol. The molecule has 2 aromatic rings. The number of carbonyl (C=O) groups excluding carboxylic acids is 2. The zero-order valence-corrected chi connectivity index (χ0v) is 16.2. The fraction of sp³-hybridized carbons (Fsp3) is 0.364. The van der Waals surface area contributed by atoms with Crippen molar-refractivity contribution in [1.29, 1.82) is 0 Å². The minimum atomic E-state index is -0.106. The molecule has 0 aliphatic carbocycles. The Morgan fingerprint density at radius 3 is 2.74 bits per heavy atom. The topological polar surface area (TPSA) is 61.4 Å². The summed E-state index contributed by atoms with van der Waals surface area (Å²) in [6, 6.07) is 13.8. The molecule has 0 saturated carbocycles. The maximum atomic E-state index is 13.0. The number of hydrogen-bond donors (Lipinski definition) is 2. The van der Waals surface area contributed by atoms with Gasteiger partial charge in [-0.2, -0.15) is 0 Å². The molecule has 1 atom stereocenters. The Balaban J connectivity index is 1.74. The molecular weight excluding hydrogens is 338 g/mol. The Hall–Kier alpha value is -2.82. The second kappa shape index (κ2) is 8.25. The Bertz CT molecular complexity index is 847. The first kappa shape index (κ1) is 19.0. The quantitative estimate of drug-likeness (QED) is 0.852. The summed E-state index contributed by atoms with van der Waals surface area (Å²) >= 11 is 0. The first-order valence-corrected chi connectivity index (χ1v) is 9.54. The van der Waals surface area contributed by atoms with E-state index in [0.29, 0.717) is 12.1 Å². The van der Waals surface area contributed by atoms with E-state index in [1.807, 2.05) is 43.0 Å². The van der Waals surface area contributed by atoms with E-state index in [2.05, 4.69) is 23.6 Å². The smallest absolute Gasteiger partial charge is 0.251 e. The Labute approximate surface area is 160 Å². The molecule has 2 aromatic carbocycles. The molecule has 0 saturated heterocycles. The zero-order chi connectivity index (χ0) is 19.4. The van der Waals surface area contributed by atoms with Gasteiger partial charge in [0.25, 0.3) is 5.91 Å². The van der Waals surface area contributed by atoms with Gasteiger partial charge in [0.1, 0.15) is 0 Å². The van der Waals surface area contributed by atoms with Crippen LogP contribution < -0.4 is 15.5 Å². The predicted molar refractivity (Wildman–Crippen MR) is 109 cm³/mol. The lowest BCUT2D eigenvalue weighted by molar-refractivity contribution is -0.117. The molecule has 27 heavy (non-hydrogen) atoms. The van der Waals surface area contributed by atoms with Crippen LogP contribution in [0, 0.1) is 6.92 Å². The number of rotatable bonds is 5. The molecule has 0 radical (unpaired) electrons. The third-order valence-corrected chi connectivity index (χ3v) is 5.06. The molecule has 142 valence electrons. The summed E-state index contributed by atoms with van der Waals surface area (Å²) in [7, 11) is 0. The Morgan fingerprint density at radius 1 is 1.19 bits per heavy atom. The maximum absolute atomic E-state index is 13.0. The van der Waals surface area contributed by atoms with E-state index in [4.69, 9.17) is 0 Å². The normalized spacial score (nSPS) is 15.8. The van der Waals surface area contributed by atoms with Gasteiger partial charge in [-0.25, -0.2) is 0 Å². The third kappa shape index (κ3) is 4.13. The van der Waals surface area contributed by atoms with Crippen LogP contribution in [-0.4, -0.2) is 30.9 Å². The number of para-hydroxylation sites is 1. The van der Waals surface area contributed by atoms with E-state index in [-0.39, 0.29) is 24.4 Å². The molecule has 0 fully saturated rings. The molecule has 0 bridgehead atoms. The van der Waals surface area contributed by atoms with E-state index in [1.54, 1.807) is 12.1 Å². The van der Waals surface area contributed by atoms with Crippen molar-refractivity contribution in [3.05, 3.63) is 59.2 Å². The highest BCUT2D eigenvalue weighted by Gasteiger charge is 2.27. The number of aryl methyl sites for hydroxylation is 2. The summed E-state index contributed by atoms with van der Waals surface area (Å²) in [6.45, 7) is 6.72. The van der Waals surface area contributed by atoms with Gasteiger partial charge in [-0.15, -0.1) is 0 Å². The van der Waals surface area contributed by atoms with Gasteiger partial charge in [-0.1, -0.05) is 24.3 Å². The van der Waals surface area contributed by atoms with Gasteiger partial charge in [0.05, 0.1) is 6.54 Å². The largest absolute Gasteiger partial charge is 0.376 e. The fourth-order valence-electron chi connectivity index (χ4n) is 3.54. The molecule has 1 aliphatic rings. The van der Waals surface area contributed by atoms with Crippen LogP contribution in [0.2, 0.25) is 0 Å². The van der Waals surface area contributed by atoms with Crippen molar-refractivity contribution >= 4 is 23.2 Å². The van der Waals surface area contributed by atoms with Crippen LogP contribution in [0.5, 0.6) is 0 Å². The van der Waals surface area contributed by atoms with Crippen molar-refractivity contribution in [1.82, 2.24) is 5.32 Å². The highest BCUT2D eigenvalue weighted by Crippen LogP contribution is 2.30. The molecule has 2 N–H and O–H groups in total. The van der Waals surface area contributed by atoms with Crippen molar-refractivity contribution in [2.75, 3.05) is 23.3 Å². The van der Waals surface area contributed by atoms with Crippen molar-refractivity contribution in [2.45, 2.75) is 39.7 Å². The summed E-state index contributed by atoms with van der Waals surface area (Å²) < 4.78 is 0. The number of hydrogen-bond acceptors (Lipinski definition) is 3. The lowest BCUT2D eigenvalue weighted by Crippen LogP contribution is -2.44. The number of fused-ring (bicyclic) bond motifs is 1. The molecule has 0 aromatic heterocycles. The lowest BCUT2D eigenvalue weighted by atomic mass is 9.96. The van der Waals surface area contributed by atoms with E-state index in [0.717, 1.165) is 29.8 Å². The highest BCUT2D eigenvalue weighted by atomic mass is 16.2. The van der Waals surface area contributed by atoms with Crippen LogP contribution in [0.3, 0.4) is 0 Å². The maximum Gasteiger partial charge on any atom is 0.251 e. The molecule has 3 rings (SSSR count). The van der Waals surface area contributed by atoms with E-state index in [9.17, 15) is 9.59 Å². The van der Waals surface area contributed by atoms with E-state index < -0.39 is 0 Å². The fourth-order valence-corrected chi connectivity index (χ4v) is 3.54. The second-order valence-corrected chi connectivity index (χ2v) is 7.02. The Kier molecular flexibility index (Phi) is 5.79. The van der Waals surface area contributed by atoms with Crippen molar-refractivity contribution in [3.63, 3.8) is 0 Å². The molecule has 2 amide bonds. The minimum absolute atomic E-state index is 0.0393. The highest BCUT2D eigenvalue weighted by molar-refractivity contribution is 5.98. The molecule has 5 nitrogen and oxygen atoms in total. The van der Waals surface area contributed by atoms with Crippen LogP contribution in [0.4, 0.5) is 11.4 Å². The summed E-state index contributed by atoms with van der Waals surface area (Å²) in [5.74, 6) is -0.0667. The summed E-state index contributed by atoms with van der Waals surface area (Å²) in [4.78, 5) is 26.9. The SMILES string of the molecule is CCNC(=O)c1ccc(C)c(NCC(=O)N2c3ccccc3CCC2C)c1. The summed E-state index contributed by atoms with van der Waals surface area (Å²) in [5.41, 5.74) is 4.64. The number of benzene rings is 2. The van der Waals surface area contributed by atoms with Gasteiger partial charge in [-0.3, -0.25) is 9.59 Å². The standard InChI is InChI=1S/C22H27N3O2/c1-4-23-22(27)18-11-9-15(2)19(13-18)24-14-21(26)25-16(3)10-12-17-7-5-6-8-20(17)25/h5-9,11,13,16,24H,4,10,12,14H2,1-3H3,(H,23,27). The van der Waals surface area contributed by atoms with Crippen LogP contribution in [0.1, 0.15) is 41.8 Å². The number of amides is 2. The number of nitrogens with zero attached hydrogens (tertiary/aromatic N) is 1. The molecular formula is C22H27N3O2. The van der Waals surface area contributed by atoms with Crippen molar-refractivity contribution < 1.29 is 9.59 Å². The number of carbonyl (C=O) groups is 2. The Morgan fingerprint density at radius 2 is 1.96 bits per heavy atom. The lowest BCUT2D eigenvalue weighted by Gasteiger charge is -2.35. The zero-order valence-electron chi connectivity index (χ0n) is 16.2. The summed E-state index contributed by atoms with van der Waals surface area (Å²) in [6.07, 6.45) is 1.97. The summed E-state index contributed by atoms with van der Waals surface area (Å²) in [5, 5.41) is 6.03. The molecule has 0 spiro atoms. The third-order valence-electron chi connectivity index (χ3n) is 5.06. The van der Waals surface area contributed by atoms with Gasteiger partial charge in [-0.05, 0) is 62.9 Å². The van der Waals surface area contributed by atoms with Gasteiger partial charge >= 0.3 is 0 Å². The average Bonchev–Trinajstić information content (AvgIpc) is 2.67. The molecule has 1 heterocycles. The first-order valence-electron chi connectivity index (χ1n) is 9.54. The number of anilines is 2. The van der Waals surface area contributed by atoms with E-state index in [1.165, 1.54) is 5.56 Å². The number of nitrogens with one attached hydrogen (secondary N) is 2. The van der Waals surface area contributed by atoms with Gasteiger partial charge in [0, 0.05) is 29.5 Å². The second-order valence-electron chi connectivity index (χ2n) is 7.02. The minimum Gasteiger partial charge on any atom is -0.376 e. The van der Waals surface area contributed by atoms with Crippen LogP contribution in [0.15, 0.2) is 42.5 Å². The van der Waals surface area contributed by atoms with Gasteiger partial charge in [0.15, 0.2) is 0 Å². The van der Waals surface area contributed by atoms with Crippen LogP contribution >= 0.6 is 0 Å². The molecule has 5 heteroatoms. The van der Waals surface area contributed by atoms with E-state index >= 15 is 0 Å². The van der Waals surface area contributed by atoms with Gasteiger partial charge in [0.2, 0.25) is 5.91 Å². The van der Waals surface area contributed by atoms with Gasteiger partial charge < -0.3 is 15.5 Å². The monoisotopic (exact) mass is 365 g/mol.